The van der Waals surface area contributed by atoms with Crippen molar-refractivity contribution in [3.8, 4) is 0 Å². The Morgan fingerprint density at radius 1 is 0.833 bits per heavy atom. The zero-order valence-electron chi connectivity index (χ0n) is 8.23. The lowest BCUT2D eigenvalue weighted by Crippen LogP contribution is -2.48. The summed E-state index contributed by atoms with van der Waals surface area (Å²) in [5.41, 5.74) is -2.39. The summed E-state index contributed by atoms with van der Waals surface area (Å²) in [5.74, 6) is 0. The van der Waals surface area contributed by atoms with Crippen LogP contribution in [0.15, 0.2) is 24.3 Å². The van der Waals surface area contributed by atoms with Crippen LogP contribution in [0.3, 0.4) is 0 Å². The molecule has 0 aliphatic heterocycles. The van der Waals surface area contributed by atoms with E-state index in [4.69, 9.17) is 0 Å². The first-order valence-corrected chi connectivity index (χ1v) is 4.19. The number of rotatable bonds is 3. The molecule has 0 heterocycles. The third-order valence-corrected chi connectivity index (χ3v) is 1.84. The van der Waals surface area contributed by atoms with E-state index < -0.39 is 34.1 Å². The molecule has 1 rings (SSSR count). The van der Waals surface area contributed by atoms with Gasteiger partial charge in [-0.25, -0.2) is 0 Å². The Bertz CT molecular complexity index is 416. The summed E-state index contributed by atoms with van der Waals surface area (Å²) in [4.78, 5) is 0. The van der Waals surface area contributed by atoms with Crippen molar-refractivity contribution in [2.45, 2.75) is 12.2 Å². The van der Waals surface area contributed by atoms with Crippen LogP contribution in [0.25, 0.3) is 0 Å². The summed E-state index contributed by atoms with van der Waals surface area (Å²) < 4.78 is 97.6. The van der Waals surface area contributed by atoms with Gasteiger partial charge in [-0.3, -0.25) is 0 Å². The van der Waals surface area contributed by atoms with E-state index in [0.29, 0.717) is 18.2 Å². The van der Waals surface area contributed by atoms with Gasteiger partial charge in [0.1, 0.15) is 5.69 Å². The van der Waals surface area contributed by atoms with Crippen LogP contribution in [0, 0.1) is 0 Å². The van der Waals surface area contributed by atoms with Gasteiger partial charge in [0.2, 0.25) is 0 Å². The van der Waals surface area contributed by atoms with Gasteiger partial charge in [0, 0.05) is 0 Å². The smallest absolute Gasteiger partial charge is 0.170 e. The van der Waals surface area contributed by atoms with Crippen LogP contribution in [-0.2, 0) is 0 Å². The van der Waals surface area contributed by atoms with Crippen molar-refractivity contribution >= 4 is 11.4 Å². The third-order valence-electron chi connectivity index (χ3n) is 1.84. The van der Waals surface area contributed by atoms with E-state index in [1.807, 2.05) is 0 Å². The van der Waals surface area contributed by atoms with E-state index in [1.54, 1.807) is 0 Å². The minimum atomic E-state index is -6.18. The Kier molecular flexibility index (Phi) is 3.58. The Labute approximate surface area is 94.8 Å². The minimum absolute atomic E-state index is 0.139. The third kappa shape index (κ3) is 2.57. The molecule has 0 aromatic heterocycles. The Hall–Kier alpha value is -1.74. The number of nitrogens with zero attached hydrogens (tertiary/aromatic N) is 2. The van der Waals surface area contributed by atoms with Crippen LogP contribution >= 0.6 is 0 Å². The van der Waals surface area contributed by atoms with E-state index in [2.05, 4.69) is 0 Å². The first kappa shape index (κ1) is 14.3. The van der Waals surface area contributed by atoms with Crippen molar-refractivity contribution in [2.75, 3.05) is 10.5 Å². The molecule has 0 aliphatic carbocycles. The SMILES string of the molecule is FN(F)c1cccc(N(F)C(F)(F)C(F)(F)F)c1. The lowest BCUT2D eigenvalue weighted by atomic mass is 10.2. The molecule has 0 atom stereocenters. The Morgan fingerprint density at radius 3 is 1.78 bits per heavy atom. The van der Waals surface area contributed by atoms with E-state index in [0.717, 1.165) is 0 Å². The largest absolute Gasteiger partial charge is 0.478 e. The normalized spacial score (nSPS) is 12.4. The van der Waals surface area contributed by atoms with Crippen LogP contribution in [0.4, 0.5) is 46.8 Å². The molecule has 0 saturated heterocycles. The number of hydrogen-bond acceptors (Lipinski definition) is 2. The molecule has 1 aromatic carbocycles. The number of halogens is 8. The zero-order valence-corrected chi connectivity index (χ0v) is 8.23. The molecule has 0 aliphatic rings. The highest BCUT2D eigenvalue weighted by Crippen LogP contribution is 2.41. The number of anilines is 2. The van der Waals surface area contributed by atoms with Gasteiger partial charge in [-0.1, -0.05) is 19.5 Å². The summed E-state index contributed by atoms with van der Waals surface area (Å²) in [5, 5.41) is -3.47. The zero-order chi connectivity index (χ0) is 14.1. The molecule has 102 valence electrons. The van der Waals surface area contributed by atoms with Gasteiger partial charge >= 0.3 is 12.2 Å². The second-order valence-electron chi connectivity index (χ2n) is 3.07. The molecule has 0 spiro atoms. The summed E-state index contributed by atoms with van der Waals surface area (Å²) in [7, 11) is 0. The predicted molar refractivity (Wildman–Crippen MR) is 45.7 cm³/mol. The van der Waals surface area contributed by atoms with Gasteiger partial charge in [-0.05, 0) is 23.5 Å². The van der Waals surface area contributed by atoms with Crippen molar-refractivity contribution in [1.82, 2.24) is 0 Å². The molecule has 10 heteroatoms. The van der Waals surface area contributed by atoms with E-state index >= 15 is 0 Å². The molecule has 0 unspecified atom stereocenters. The Balaban J connectivity index is 3.11. The van der Waals surface area contributed by atoms with Gasteiger partial charge in [0.05, 0.1) is 5.69 Å². The van der Waals surface area contributed by atoms with E-state index in [-0.39, 0.29) is 6.07 Å². The summed E-state index contributed by atoms with van der Waals surface area (Å²) >= 11 is 0. The van der Waals surface area contributed by atoms with Gasteiger partial charge in [-0.2, -0.15) is 22.0 Å². The highest BCUT2D eigenvalue weighted by molar-refractivity contribution is 5.56. The van der Waals surface area contributed by atoms with Crippen LogP contribution < -0.4 is 10.5 Å². The molecule has 0 radical (unpaired) electrons. The molecule has 1 aromatic rings. The standard InChI is InChI=1S/C8H4F8N2/c9-7(10,11)8(12,13)17(14)5-2-1-3-6(4-5)18(15)16/h1-4H. The lowest BCUT2D eigenvalue weighted by Gasteiger charge is -2.26. The van der Waals surface area contributed by atoms with Crippen LogP contribution in [0.1, 0.15) is 0 Å². The quantitative estimate of drug-likeness (QED) is 0.467. The molecule has 18 heavy (non-hydrogen) atoms. The maximum absolute atomic E-state index is 13.0. The van der Waals surface area contributed by atoms with Gasteiger partial charge in [-0.15, -0.1) is 5.12 Å². The maximum Gasteiger partial charge on any atom is 0.478 e. The fraction of sp³-hybridized carbons (Fsp3) is 0.250. The Morgan fingerprint density at radius 2 is 1.33 bits per heavy atom. The van der Waals surface area contributed by atoms with Gasteiger partial charge in [0.25, 0.3) is 0 Å². The molecule has 0 saturated carbocycles. The molecule has 0 fully saturated rings. The number of benzene rings is 1. The van der Waals surface area contributed by atoms with Crippen molar-refractivity contribution < 1.29 is 35.4 Å². The topological polar surface area (TPSA) is 6.48 Å². The molecular weight excluding hydrogens is 276 g/mol. The second-order valence-corrected chi connectivity index (χ2v) is 3.07. The lowest BCUT2D eigenvalue weighted by molar-refractivity contribution is -0.292. The highest BCUT2D eigenvalue weighted by atomic mass is 19.4. The van der Waals surface area contributed by atoms with Crippen LogP contribution in [-0.4, -0.2) is 12.2 Å². The summed E-state index contributed by atoms with van der Waals surface area (Å²) in [6.07, 6.45) is -6.18. The van der Waals surface area contributed by atoms with Crippen LogP contribution in [0.2, 0.25) is 0 Å². The highest BCUT2D eigenvalue weighted by Gasteiger charge is 2.63. The average Bonchev–Trinajstić information content (AvgIpc) is 2.26. The first-order valence-electron chi connectivity index (χ1n) is 4.19. The van der Waals surface area contributed by atoms with Gasteiger partial charge < -0.3 is 0 Å². The number of hydrogen-bond donors (Lipinski definition) is 0. The fourth-order valence-corrected chi connectivity index (χ4v) is 0.994. The van der Waals surface area contributed by atoms with E-state index in [9.17, 15) is 35.4 Å². The first-order chi connectivity index (χ1) is 8.07. The predicted octanol–water partition coefficient (Wildman–Crippen LogP) is 4.11. The molecule has 0 N–H and O–H groups in total. The molecule has 0 bridgehead atoms. The molecular formula is C8H4F8N2. The van der Waals surface area contributed by atoms with Crippen LogP contribution in [0.5, 0.6) is 0 Å². The average molecular weight is 280 g/mol. The molecule has 2 nitrogen and oxygen atoms in total. The summed E-state index contributed by atoms with van der Waals surface area (Å²) in [6.45, 7) is 0. The van der Waals surface area contributed by atoms with E-state index in [1.165, 1.54) is 0 Å². The van der Waals surface area contributed by atoms with Gasteiger partial charge in [0.15, 0.2) is 0 Å². The van der Waals surface area contributed by atoms with Crippen molar-refractivity contribution in [1.29, 1.82) is 0 Å². The summed E-state index contributed by atoms with van der Waals surface area (Å²) in [6, 6.07) is -3.78. The van der Waals surface area contributed by atoms with Crippen molar-refractivity contribution in [3.05, 3.63) is 24.3 Å². The van der Waals surface area contributed by atoms with Crippen molar-refractivity contribution in [3.63, 3.8) is 0 Å². The fourth-order valence-electron chi connectivity index (χ4n) is 0.994. The monoisotopic (exact) mass is 280 g/mol. The maximum atomic E-state index is 13.0. The number of alkyl halides is 5. The minimum Gasteiger partial charge on any atom is -0.170 e. The van der Waals surface area contributed by atoms with Crippen molar-refractivity contribution in [2.24, 2.45) is 0 Å². The molecule has 0 amide bonds. The second kappa shape index (κ2) is 4.50.